The van der Waals surface area contributed by atoms with Gasteiger partial charge in [0.2, 0.25) is 0 Å². The number of nitrogens with zero attached hydrogens (tertiary/aromatic N) is 2. The van der Waals surface area contributed by atoms with Gasteiger partial charge in [0.15, 0.2) is 22.9 Å². The van der Waals surface area contributed by atoms with Crippen molar-refractivity contribution in [3.05, 3.63) is 41.4 Å². The lowest BCUT2D eigenvalue weighted by Gasteiger charge is -1.98. The maximum atomic E-state index is 10.8. The van der Waals surface area contributed by atoms with Gasteiger partial charge in [0.25, 0.3) is 0 Å². The van der Waals surface area contributed by atoms with Crippen molar-refractivity contribution in [3.63, 3.8) is 0 Å². The number of nitrogen functional groups attached to an aromatic ring is 1. The Hall–Kier alpha value is -2.21. The summed E-state index contributed by atoms with van der Waals surface area (Å²) in [7, 11) is 0. The zero-order valence-corrected chi connectivity index (χ0v) is 9.55. The zero-order chi connectivity index (χ0) is 12.1. The van der Waals surface area contributed by atoms with Crippen LogP contribution < -0.4 is 10.6 Å². The molecule has 0 aliphatic heterocycles. The van der Waals surface area contributed by atoms with E-state index in [4.69, 9.17) is 10.6 Å². The van der Waals surface area contributed by atoms with Gasteiger partial charge in [-0.2, -0.15) is 0 Å². The minimum atomic E-state index is 0.113. The maximum absolute atomic E-state index is 10.8. The number of oxime groups is 1. The number of hydrogen-bond acceptors (Lipinski definition) is 6. The minimum Gasteiger partial charge on any atom is -0.375 e. The Kier molecular flexibility index (Phi) is 3.46. The third-order valence-electron chi connectivity index (χ3n) is 1.89. The van der Waals surface area contributed by atoms with Crippen molar-refractivity contribution in [3.8, 4) is 5.75 Å². The molecule has 0 bridgehead atoms. The Morgan fingerprint density at radius 1 is 1.41 bits per heavy atom. The molecule has 17 heavy (non-hydrogen) atoms. The van der Waals surface area contributed by atoms with E-state index in [1.165, 1.54) is 11.3 Å². The van der Waals surface area contributed by atoms with E-state index < -0.39 is 0 Å². The van der Waals surface area contributed by atoms with Crippen LogP contribution in [-0.2, 0) is 4.79 Å². The topological polar surface area (TPSA) is 77.6 Å². The molecule has 1 heterocycles. The second-order valence-corrected chi connectivity index (χ2v) is 3.96. The molecular formula is C11H9N3O2S. The van der Waals surface area contributed by atoms with Crippen LogP contribution in [0.1, 0.15) is 5.69 Å². The number of carbonyl (C=O) groups is 1. The third-order valence-corrected chi connectivity index (χ3v) is 2.56. The molecule has 0 spiro atoms. The smallest absolute Gasteiger partial charge is 0.180 e. The molecule has 0 unspecified atom stereocenters. The Balaban J connectivity index is 2.16. The fourth-order valence-corrected chi connectivity index (χ4v) is 1.67. The van der Waals surface area contributed by atoms with Gasteiger partial charge in [-0.25, -0.2) is 4.98 Å². The Morgan fingerprint density at radius 2 is 2.18 bits per heavy atom. The molecule has 0 radical (unpaired) electrons. The van der Waals surface area contributed by atoms with Gasteiger partial charge in [-0.05, 0) is 12.1 Å². The first kappa shape index (κ1) is 11.3. The molecule has 2 aromatic rings. The summed E-state index contributed by atoms with van der Waals surface area (Å²) >= 11 is 1.24. The number of rotatable bonds is 4. The number of carbonyl (C=O) groups excluding carboxylic acids is 1. The van der Waals surface area contributed by atoms with E-state index in [1.54, 1.807) is 17.5 Å². The molecule has 5 nitrogen and oxygen atoms in total. The Labute approximate surface area is 102 Å². The molecule has 1 aromatic carbocycles. The molecule has 2 N–H and O–H groups in total. The SMILES string of the molecule is Nc1nc(/C(C=O)=N/Oc2ccccc2)cs1. The predicted molar refractivity (Wildman–Crippen MR) is 66.2 cm³/mol. The number of thiazole rings is 1. The van der Waals surface area contributed by atoms with Crippen molar-refractivity contribution in [1.82, 2.24) is 4.98 Å². The van der Waals surface area contributed by atoms with Crippen molar-refractivity contribution in [2.75, 3.05) is 5.73 Å². The average molecular weight is 247 g/mol. The van der Waals surface area contributed by atoms with E-state index in [2.05, 4.69) is 10.1 Å². The van der Waals surface area contributed by atoms with Crippen molar-refractivity contribution >= 4 is 28.5 Å². The number of nitrogens with two attached hydrogens (primary N) is 1. The lowest BCUT2D eigenvalue weighted by atomic mass is 10.3. The summed E-state index contributed by atoms with van der Waals surface area (Å²) in [5, 5.41) is 5.77. The second kappa shape index (κ2) is 5.22. The van der Waals surface area contributed by atoms with Gasteiger partial charge in [0.1, 0.15) is 5.69 Å². The normalized spacial score (nSPS) is 11.2. The standard InChI is InChI=1S/C11H9N3O2S/c12-11-13-10(7-17-11)9(6-15)14-16-8-4-2-1-3-5-8/h1-7H,(H2,12,13)/b14-9+. The highest BCUT2D eigenvalue weighted by molar-refractivity contribution is 7.13. The van der Waals surface area contributed by atoms with Crippen molar-refractivity contribution in [2.45, 2.75) is 0 Å². The van der Waals surface area contributed by atoms with Crippen LogP contribution in [0.15, 0.2) is 40.9 Å². The van der Waals surface area contributed by atoms with Crippen LogP contribution in [0.4, 0.5) is 5.13 Å². The van der Waals surface area contributed by atoms with Crippen LogP contribution >= 0.6 is 11.3 Å². The van der Waals surface area contributed by atoms with Gasteiger partial charge in [-0.3, -0.25) is 4.79 Å². The molecule has 0 aliphatic rings. The minimum absolute atomic E-state index is 0.113. The van der Waals surface area contributed by atoms with Crippen molar-refractivity contribution < 1.29 is 9.63 Å². The fraction of sp³-hybridized carbons (Fsp3) is 0. The molecule has 0 fully saturated rings. The highest BCUT2D eigenvalue weighted by atomic mass is 32.1. The Bertz CT molecular complexity index is 537. The first-order chi connectivity index (χ1) is 8.29. The quantitative estimate of drug-likeness (QED) is 0.507. The highest BCUT2D eigenvalue weighted by Crippen LogP contribution is 2.13. The molecule has 1 aromatic heterocycles. The molecule has 2 rings (SSSR count). The van der Waals surface area contributed by atoms with E-state index >= 15 is 0 Å². The molecule has 0 saturated heterocycles. The summed E-state index contributed by atoms with van der Waals surface area (Å²) in [6.45, 7) is 0. The molecule has 86 valence electrons. The highest BCUT2D eigenvalue weighted by Gasteiger charge is 2.07. The van der Waals surface area contributed by atoms with E-state index in [0.29, 0.717) is 22.9 Å². The molecule has 6 heteroatoms. The Morgan fingerprint density at radius 3 is 2.76 bits per heavy atom. The number of aromatic nitrogens is 1. The van der Waals surface area contributed by atoms with Gasteiger partial charge in [-0.1, -0.05) is 23.4 Å². The van der Waals surface area contributed by atoms with Crippen LogP contribution in [0, 0.1) is 0 Å². The summed E-state index contributed by atoms with van der Waals surface area (Å²) in [5.41, 5.74) is 6.00. The molecule has 0 saturated carbocycles. The molecule has 0 aliphatic carbocycles. The van der Waals surface area contributed by atoms with Crippen LogP contribution in [0.2, 0.25) is 0 Å². The van der Waals surface area contributed by atoms with Gasteiger partial charge in [0.05, 0.1) is 0 Å². The summed E-state index contributed by atoms with van der Waals surface area (Å²) < 4.78 is 0. The molecular weight excluding hydrogens is 238 g/mol. The van der Waals surface area contributed by atoms with Crippen molar-refractivity contribution in [1.29, 1.82) is 0 Å². The van der Waals surface area contributed by atoms with Crippen molar-refractivity contribution in [2.24, 2.45) is 5.16 Å². The second-order valence-electron chi connectivity index (χ2n) is 3.07. The molecule has 0 amide bonds. The van der Waals surface area contributed by atoms with E-state index in [-0.39, 0.29) is 5.71 Å². The largest absolute Gasteiger partial charge is 0.375 e. The lowest BCUT2D eigenvalue weighted by Crippen LogP contribution is -2.05. The van der Waals surface area contributed by atoms with Gasteiger partial charge < -0.3 is 10.6 Å². The first-order valence-electron chi connectivity index (χ1n) is 4.76. The number of para-hydroxylation sites is 1. The van der Waals surface area contributed by atoms with Gasteiger partial charge >= 0.3 is 0 Å². The number of aldehydes is 1. The summed E-state index contributed by atoms with van der Waals surface area (Å²) in [6.07, 6.45) is 0.581. The number of anilines is 1. The van der Waals surface area contributed by atoms with E-state index in [0.717, 1.165) is 0 Å². The maximum Gasteiger partial charge on any atom is 0.180 e. The summed E-state index contributed by atoms with van der Waals surface area (Å²) in [6, 6.07) is 8.96. The van der Waals surface area contributed by atoms with Crippen LogP contribution in [0.25, 0.3) is 0 Å². The summed E-state index contributed by atoms with van der Waals surface area (Å²) in [5.74, 6) is 0.551. The fourth-order valence-electron chi connectivity index (χ4n) is 1.12. The average Bonchev–Trinajstić information content (AvgIpc) is 2.78. The van der Waals surface area contributed by atoms with Crippen LogP contribution in [-0.4, -0.2) is 17.0 Å². The monoisotopic (exact) mass is 247 g/mol. The van der Waals surface area contributed by atoms with Crippen LogP contribution in [0.3, 0.4) is 0 Å². The van der Waals surface area contributed by atoms with E-state index in [1.807, 2.05) is 18.2 Å². The number of benzene rings is 1. The van der Waals surface area contributed by atoms with E-state index in [9.17, 15) is 4.79 Å². The molecule has 0 atom stereocenters. The van der Waals surface area contributed by atoms with Crippen LogP contribution in [0.5, 0.6) is 5.75 Å². The first-order valence-corrected chi connectivity index (χ1v) is 5.64. The number of hydrogen-bond donors (Lipinski definition) is 1. The van der Waals surface area contributed by atoms with Gasteiger partial charge in [0, 0.05) is 5.38 Å². The van der Waals surface area contributed by atoms with Gasteiger partial charge in [-0.15, -0.1) is 11.3 Å². The lowest BCUT2D eigenvalue weighted by molar-refractivity contribution is -0.102. The third kappa shape index (κ3) is 2.88. The zero-order valence-electron chi connectivity index (χ0n) is 8.74. The summed E-state index contributed by atoms with van der Waals surface area (Å²) in [4.78, 5) is 19.9. The predicted octanol–water partition coefficient (Wildman–Crippen LogP) is 1.71.